The van der Waals surface area contributed by atoms with Gasteiger partial charge in [-0.25, -0.2) is 4.98 Å². The molecule has 0 spiro atoms. The van der Waals surface area contributed by atoms with Gasteiger partial charge in [-0.2, -0.15) is 4.98 Å². The van der Waals surface area contributed by atoms with Crippen LogP contribution in [0.2, 0.25) is 5.02 Å². The summed E-state index contributed by atoms with van der Waals surface area (Å²) in [5.74, 6) is 0.208. The maximum absolute atomic E-state index is 6.04. The molecule has 1 heterocycles. The van der Waals surface area contributed by atoms with Gasteiger partial charge in [0, 0.05) is 12.0 Å². The number of halogens is 1. The van der Waals surface area contributed by atoms with E-state index in [2.05, 4.69) is 29.1 Å². The van der Waals surface area contributed by atoms with Crippen LogP contribution >= 0.6 is 11.6 Å². The van der Waals surface area contributed by atoms with E-state index in [0.29, 0.717) is 17.1 Å². The summed E-state index contributed by atoms with van der Waals surface area (Å²) in [6.07, 6.45) is 1.57. The van der Waals surface area contributed by atoms with Crippen LogP contribution in [-0.4, -0.2) is 30.2 Å². The largest absolute Gasteiger partial charge is 0.467 e. The molecule has 0 saturated carbocycles. The van der Waals surface area contributed by atoms with Crippen molar-refractivity contribution in [3.8, 4) is 6.01 Å². The summed E-state index contributed by atoms with van der Waals surface area (Å²) in [7, 11) is 3.45. The van der Waals surface area contributed by atoms with E-state index in [0.717, 1.165) is 5.69 Å². The van der Waals surface area contributed by atoms with E-state index in [1.54, 1.807) is 13.3 Å². The van der Waals surface area contributed by atoms with Crippen LogP contribution in [0.3, 0.4) is 0 Å². The number of nitrogens with zero attached hydrogens (tertiary/aromatic N) is 2. The van der Waals surface area contributed by atoms with E-state index in [-0.39, 0.29) is 5.92 Å². The van der Waals surface area contributed by atoms with Crippen LogP contribution in [0, 0.1) is 0 Å². The zero-order valence-corrected chi connectivity index (χ0v) is 10.2. The molecule has 15 heavy (non-hydrogen) atoms. The van der Waals surface area contributed by atoms with Gasteiger partial charge >= 0.3 is 6.01 Å². The van der Waals surface area contributed by atoms with Crippen molar-refractivity contribution in [3.63, 3.8) is 0 Å². The molecule has 1 rings (SSSR count). The van der Waals surface area contributed by atoms with Crippen LogP contribution in [0.15, 0.2) is 6.20 Å². The first kappa shape index (κ1) is 12.2. The maximum atomic E-state index is 6.04. The van der Waals surface area contributed by atoms with Gasteiger partial charge < -0.3 is 10.1 Å². The predicted octanol–water partition coefficient (Wildman–Crippen LogP) is 1.85. The van der Waals surface area contributed by atoms with Crippen molar-refractivity contribution < 1.29 is 4.74 Å². The molecule has 1 aromatic rings. The van der Waals surface area contributed by atoms with Crippen molar-refractivity contribution in [2.45, 2.75) is 25.8 Å². The van der Waals surface area contributed by atoms with Gasteiger partial charge in [0.25, 0.3) is 0 Å². The third-order valence-electron chi connectivity index (χ3n) is 2.57. The highest BCUT2D eigenvalue weighted by atomic mass is 35.5. The summed E-state index contributed by atoms with van der Waals surface area (Å²) in [6, 6.07) is 0.645. The highest BCUT2D eigenvalue weighted by Gasteiger charge is 2.18. The third kappa shape index (κ3) is 2.79. The predicted molar refractivity (Wildman–Crippen MR) is 60.5 cm³/mol. The fourth-order valence-corrected chi connectivity index (χ4v) is 1.53. The van der Waals surface area contributed by atoms with Crippen LogP contribution in [-0.2, 0) is 0 Å². The second-order valence-electron chi connectivity index (χ2n) is 3.46. The Morgan fingerprint density at radius 3 is 2.67 bits per heavy atom. The minimum atomic E-state index is 0.208. The second kappa shape index (κ2) is 5.28. The van der Waals surface area contributed by atoms with Crippen LogP contribution in [0.25, 0.3) is 0 Å². The Hall–Kier alpha value is -0.870. The molecule has 0 fully saturated rings. The zero-order valence-electron chi connectivity index (χ0n) is 9.41. The SMILES string of the molecule is CNC(C)C(C)c1nc(OC)ncc1Cl. The molecule has 0 saturated heterocycles. The van der Waals surface area contributed by atoms with Gasteiger partial charge in [-0.15, -0.1) is 0 Å². The summed E-state index contributed by atoms with van der Waals surface area (Å²) in [4.78, 5) is 8.19. The lowest BCUT2D eigenvalue weighted by atomic mass is 10.00. The van der Waals surface area contributed by atoms with Gasteiger partial charge in [-0.3, -0.25) is 0 Å². The molecule has 2 unspecified atom stereocenters. The van der Waals surface area contributed by atoms with Gasteiger partial charge in [-0.05, 0) is 14.0 Å². The van der Waals surface area contributed by atoms with E-state index in [4.69, 9.17) is 16.3 Å². The molecular weight excluding hydrogens is 214 g/mol. The van der Waals surface area contributed by atoms with Crippen LogP contribution < -0.4 is 10.1 Å². The number of methoxy groups -OCH3 is 1. The molecule has 0 aliphatic heterocycles. The summed E-state index contributed by atoms with van der Waals surface area (Å²) < 4.78 is 4.97. The first-order chi connectivity index (χ1) is 7.10. The average Bonchev–Trinajstić information content (AvgIpc) is 2.27. The quantitative estimate of drug-likeness (QED) is 0.856. The lowest BCUT2D eigenvalue weighted by Crippen LogP contribution is -2.28. The summed E-state index contributed by atoms with van der Waals surface area (Å²) in [6.45, 7) is 4.14. The maximum Gasteiger partial charge on any atom is 0.316 e. The van der Waals surface area contributed by atoms with Crippen LogP contribution in [0.5, 0.6) is 6.01 Å². The number of ether oxygens (including phenoxy) is 1. The Morgan fingerprint density at radius 2 is 2.13 bits per heavy atom. The lowest BCUT2D eigenvalue weighted by molar-refractivity contribution is 0.375. The number of hydrogen-bond acceptors (Lipinski definition) is 4. The first-order valence-electron chi connectivity index (χ1n) is 4.83. The molecule has 0 aliphatic carbocycles. The minimum Gasteiger partial charge on any atom is -0.467 e. The number of likely N-dealkylation sites (N-methyl/N-ethyl adjacent to an activating group) is 1. The number of rotatable bonds is 4. The molecule has 0 aromatic carbocycles. The Balaban J connectivity index is 3.01. The average molecular weight is 230 g/mol. The van der Waals surface area contributed by atoms with Crippen molar-refractivity contribution in [1.29, 1.82) is 0 Å². The number of aromatic nitrogens is 2. The molecule has 5 heteroatoms. The first-order valence-corrected chi connectivity index (χ1v) is 5.21. The number of nitrogens with one attached hydrogen (secondary N) is 1. The van der Waals surface area contributed by atoms with E-state index < -0.39 is 0 Å². The Bertz CT molecular complexity index is 332. The summed E-state index contributed by atoms with van der Waals surface area (Å²) in [5, 5.41) is 3.74. The van der Waals surface area contributed by atoms with Crippen LogP contribution in [0.4, 0.5) is 0 Å². The van der Waals surface area contributed by atoms with Crippen molar-refractivity contribution in [3.05, 3.63) is 16.9 Å². The van der Waals surface area contributed by atoms with Gasteiger partial charge in [0.05, 0.1) is 24.0 Å². The fourth-order valence-electron chi connectivity index (χ4n) is 1.27. The van der Waals surface area contributed by atoms with E-state index in [9.17, 15) is 0 Å². The Labute approximate surface area is 95.0 Å². The molecule has 1 N–H and O–H groups in total. The van der Waals surface area contributed by atoms with Gasteiger partial charge in [0.1, 0.15) is 0 Å². The minimum absolute atomic E-state index is 0.208. The molecular formula is C10H16ClN3O. The van der Waals surface area contributed by atoms with Gasteiger partial charge in [0.15, 0.2) is 0 Å². The van der Waals surface area contributed by atoms with E-state index in [1.165, 1.54) is 0 Å². The third-order valence-corrected chi connectivity index (χ3v) is 2.86. The van der Waals surface area contributed by atoms with Gasteiger partial charge in [0.2, 0.25) is 0 Å². The molecule has 0 amide bonds. The fraction of sp³-hybridized carbons (Fsp3) is 0.600. The molecule has 84 valence electrons. The highest BCUT2D eigenvalue weighted by molar-refractivity contribution is 6.31. The van der Waals surface area contributed by atoms with Crippen molar-refractivity contribution in [1.82, 2.24) is 15.3 Å². The standard InChI is InChI=1S/C10H16ClN3O/c1-6(7(2)12-3)9-8(11)5-13-10(14-9)15-4/h5-7,12H,1-4H3. The number of hydrogen-bond donors (Lipinski definition) is 1. The van der Waals surface area contributed by atoms with E-state index in [1.807, 2.05) is 7.05 Å². The van der Waals surface area contributed by atoms with E-state index >= 15 is 0 Å². The van der Waals surface area contributed by atoms with Crippen LogP contribution in [0.1, 0.15) is 25.5 Å². The lowest BCUT2D eigenvalue weighted by Gasteiger charge is -2.19. The molecule has 2 atom stereocenters. The molecule has 1 aromatic heterocycles. The molecule has 0 radical (unpaired) electrons. The van der Waals surface area contributed by atoms with Crippen molar-refractivity contribution in [2.75, 3.05) is 14.2 Å². The molecule has 0 bridgehead atoms. The Kier molecular flexibility index (Phi) is 4.29. The molecule has 4 nitrogen and oxygen atoms in total. The summed E-state index contributed by atoms with van der Waals surface area (Å²) >= 11 is 6.04. The molecule has 0 aliphatic rings. The Morgan fingerprint density at radius 1 is 1.47 bits per heavy atom. The normalized spacial score (nSPS) is 14.7. The topological polar surface area (TPSA) is 47.0 Å². The van der Waals surface area contributed by atoms with Crippen molar-refractivity contribution >= 4 is 11.6 Å². The highest BCUT2D eigenvalue weighted by Crippen LogP contribution is 2.25. The summed E-state index contributed by atoms with van der Waals surface area (Å²) in [5.41, 5.74) is 0.811. The zero-order chi connectivity index (χ0) is 11.4. The van der Waals surface area contributed by atoms with Crippen molar-refractivity contribution in [2.24, 2.45) is 0 Å². The van der Waals surface area contributed by atoms with Gasteiger partial charge in [-0.1, -0.05) is 18.5 Å². The monoisotopic (exact) mass is 229 g/mol. The smallest absolute Gasteiger partial charge is 0.316 e. The second-order valence-corrected chi connectivity index (χ2v) is 3.86.